The van der Waals surface area contributed by atoms with Crippen molar-refractivity contribution in [2.45, 2.75) is 17.2 Å². The molecule has 0 amide bonds. The molecule has 0 aliphatic carbocycles. The zero-order valence-corrected chi connectivity index (χ0v) is 15.6. The first kappa shape index (κ1) is 18.8. The fourth-order valence-corrected chi connectivity index (χ4v) is 3.69. The number of hydrogen-bond donors (Lipinski definition) is 1. The van der Waals surface area contributed by atoms with E-state index in [-0.39, 0.29) is 22.7 Å². The van der Waals surface area contributed by atoms with Crippen LogP contribution in [0.4, 0.5) is 5.82 Å². The van der Waals surface area contributed by atoms with Crippen LogP contribution in [0.25, 0.3) is 0 Å². The normalized spacial score (nSPS) is 16.6. The minimum atomic E-state index is -3.37. The maximum atomic E-state index is 12.4. The van der Waals surface area contributed by atoms with Crippen LogP contribution >= 0.6 is 0 Å². The van der Waals surface area contributed by atoms with Crippen molar-refractivity contribution in [2.75, 3.05) is 6.26 Å². The monoisotopic (exact) mass is 391 g/mol. The Morgan fingerprint density at radius 3 is 2.26 bits per heavy atom. The molecule has 3 rings (SSSR count). The summed E-state index contributed by atoms with van der Waals surface area (Å²) in [7, 11) is -0.669. The van der Waals surface area contributed by atoms with Crippen molar-refractivity contribution in [1.29, 1.82) is 0 Å². The second kappa shape index (κ2) is 6.31. The highest BCUT2D eigenvalue weighted by atomic mass is 32.2. The highest BCUT2D eigenvalue weighted by Crippen LogP contribution is 2.33. The lowest BCUT2D eigenvalue weighted by molar-refractivity contribution is -0.138. The van der Waals surface area contributed by atoms with E-state index in [0.717, 1.165) is 15.4 Å². The molecule has 1 aromatic heterocycles. The Balaban J connectivity index is 2.24. The van der Waals surface area contributed by atoms with Crippen LogP contribution in [0.1, 0.15) is 23.5 Å². The topological polar surface area (TPSA) is 128 Å². The van der Waals surface area contributed by atoms with E-state index in [1.807, 2.05) is 0 Å². The molecule has 0 bridgehead atoms. The van der Waals surface area contributed by atoms with E-state index in [1.54, 1.807) is 0 Å². The minimum Gasteiger partial charge on any atom is -0.481 e. The van der Waals surface area contributed by atoms with Gasteiger partial charge in [-0.2, -0.15) is 0 Å². The van der Waals surface area contributed by atoms with Gasteiger partial charge in [-0.15, -0.1) is 0 Å². The Bertz CT molecular complexity index is 1200. The number of carbonyl (C=O) groups is 1. The van der Waals surface area contributed by atoms with Gasteiger partial charge in [0.2, 0.25) is 0 Å². The van der Waals surface area contributed by atoms with Gasteiger partial charge >= 0.3 is 11.7 Å². The van der Waals surface area contributed by atoms with Crippen molar-refractivity contribution in [1.82, 2.24) is 9.13 Å². The maximum absolute atomic E-state index is 12.4. The minimum absolute atomic E-state index is 0.00365. The Hall–Kier alpha value is -3.01. The molecule has 0 saturated carbocycles. The summed E-state index contributed by atoms with van der Waals surface area (Å²) in [6.07, 6.45) is 1.04. The third-order valence-corrected chi connectivity index (χ3v) is 5.70. The largest absolute Gasteiger partial charge is 0.481 e. The summed E-state index contributed by atoms with van der Waals surface area (Å²) in [6, 6.07) is 5.86. The number of rotatable bonds is 3. The highest BCUT2D eigenvalue weighted by molar-refractivity contribution is 7.90. The van der Waals surface area contributed by atoms with E-state index >= 15 is 0 Å². The number of aliphatic carboxylic acids is 1. The third-order valence-electron chi connectivity index (χ3n) is 4.57. The Labute approximate surface area is 154 Å². The molecule has 1 aromatic carbocycles. The number of aliphatic imine (C=N–C) groups is 1. The Morgan fingerprint density at radius 1 is 1.15 bits per heavy atom. The van der Waals surface area contributed by atoms with Crippen LogP contribution in [0.15, 0.2) is 43.7 Å². The summed E-state index contributed by atoms with van der Waals surface area (Å²) >= 11 is 0. The summed E-state index contributed by atoms with van der Waals surface area (Å²) in [5.74, 6) is -2.36. The van der Waals surface area contributed by atoms with Gasteiger partial charge in [0.05, 0.1) is 22.1 Å². The number of nitrogens with zero attached hydrogens (tertiary/aromatic N) is 3. The van der Waals surface area contributed by atoms with Crippen LogP contribution in [-0.2, 0) is 28.7 Å². The fourth-order valence-electron chi connectivity index (χ4n) is 3.06. The number of hydrogen-bond acceptors (Lipinski definition) is 6. The first-order chi connectivity index (χ1) is 12.5. The van der Waals surface area contributed by atoms with Crippen molar-refractivity contribution >= 4 is 27.3 Å². The van der Waals surface area contributed by atoms with Crippen molar-refractivity contribution in [3.8, 4) is 0 Å². The van der Waals surface area contributed by atoms with E-state index in [9.17, 15) is 27.9 Å². The Morgan fingerprint density at radius 2 is 1.74 bits per heavy atom. The summed E-state index contributed by atoms with van der Waals surface area (Å²) in [5, 5.41) is 9.61. The van der Waals surface area contributed by atoms with Crippen molar-refractivity contribution < 1.29 is 18.3 Å². The molecule has 0 fully saturated rings. The van der Waals surface area contributed by atoms with Gasteiger partial charge in [-0.25, -0.2) is 18.2 Å². The van der Waals surface area contributed by atoms with Crippen molar-refractivity contribution in [2.24, 2.45) is 19.1 Å². The van der Waals surface area contributed by atoms with Gasteiger partial charge in [0.25, 0.3) is 5.56 Å². The predicted molar refractivity (Wildman–Crippen MR) is 97.7 cm³/mol. The SMILES string of the molecule is Cn1c2c(c(=O)n(C)c1=O)C(C(=O)O)CC(c1ccc(S(C)(=O)=O)cc1)=N2. The first-order valence-electron chi connectivity index (χ1n) is 7.93. The molecule has 10 heteroatoms. The third kappa shape index (κ3) is 3.12. The molecule has 0 saturated heterocycles. The summed E-state index contributed by atoms with van der Waals surface area (Å²) in [6.45, 7) is 0. The Kier molecular flexibility index (Phi) is 4.38. The van der Waals surface area contributed by atoms with Gasteiger partial charge in [-0.3, -0.25) is 18.7 Å². The van der Waals surface area contributed by atoms with Crippen molar-refractivity contribution in [3.63, 3.8) is 0 Å². The molecule has 9 nitrogen and oxygen atoms in total. The molecule has 1 aliphatic heterocycles. The second-order valence-electron chi connectivity index (χ2n) is 6.39. The smallest absolute Gasteiger partial charge is 0.332 e. The van der Waals surface area contributed by atoms with Gasteiger partial charge in [-0.05, 0) is 17.7 Å². The number of aromatic nitrogens is 2. The highest BCUT2D eigenvalue weighted by Gasteiger charge is 2.34. The van der Waals surface area contributed by atoms with Crippen LogP contribution in [0.3, 0.4) is 0 Å². The van der Waals surface area contributed by atoms with E-state index in [2.05, 4.69) is 4.99 Å². The number of carboxylic acids is 1. The first-order valence-corrected chi connectivity index (χ1v) is 9.82. The van der Waals surface area contributed by atoms with E-state index in [0.29, 0.717) is 11.3 Å². The number of benzene rings is 1. The molecular weight excluding hydrogens is 374 g/mol. The van der Waals surface area contributed by atoms with Crippen LogP contribution in [0.2, 0.25) is 0 Å². The van der Waals surface area contributed by atoms with E-state index in [1.165, 1.54) is 38.4 Å². The van der Waals surface area contributed by atoms with Gasteiger partial charge < -0.3 is 5.11 Å². The fraction of sp³-hybridized carbons (Fsp3) is 0.294. The quantitative estimate of drug-likeness (QED) is 0.795. The van der Waals surface area contributed by atoms with Gasteiger partial charge in [0.1, 0.15) is 5.82 Å². The van der Waals surface area contributed by atoms with Crippen molar-refractivity contribution in [3.05, 3.63) is 56.2 Å². The average Bonchev–Trinajstić information content (AvgIpc) is 2.62. The molecular formula is C17H17N3O6S. The van der Waals surface area contributed by atoms with Gasteiger partial charge in [-0.1, -0.05) is 12.1 Å². The summed E-state index contributed by atoms with van der Waals surface area (Å²) in [4.78, 5) is 40.9. The molecule has 1 unspecified atom stereocenters. The average molecular weight is 391 g/mol. The molecule has 0 radical (unpaired) electrons. The number of sulfone groups is 1. The molecule has 2 heterocycles. The molecule has 142 valence electrons. The van der Waals surface area contributed by atoms with Crippen LogP contribution < -0.4 is 11.2 Å². The lowest BCUT2D eigenvalue weighted by Gasteiger charge is -2.23. The molecule has 1 N–H and O–H groups in total. The van der Waals surface area contributed by atoms with Crippen LogP contribution in [0, 0.1) is 0 Å². The molecule has 1 aliphatic rings. The standard InChI is InChI=1S/C17H17N3O6S/c1-19-14-13(15(21)20(2)17(19)24)11(16(22)23)8-12(18-14)9-4-6-10(7-5-9)27(3,25)26/h4-7,11H,8H2,1-3H3,(H,22,23). The maximum Gasteiger partial charge on any atom is 0.332 e. The van der Waals surface area contributed by atoms with Crippen LogP contribution in [0.5, 0.6) is 0 Å². The molecule has 0 spiro atoms. The molecule has 2 aromatic rings. The summed E-state index contributed by atoms with van der Waals surface area (Å²) < 4.78 is 25.2. The van der Waals surface area contributed by atoms with E-state index in [4.69, 9.17) is 0 Å². The predicted octanol–water partition coefficient (Wildman–Crippen LogP) is 0.180. The zero-order valence-electron chi connectivity index (χ0n) is 14.8. The summed E-state index contributed by atoms with van der Waals surface area (Å²) in [5.41, 5.74) is -0.453. The number of fused-ring (bicyclic) bond motifs is 1. The lowest BCUT2D eigenvalue weighted by Crippen LogP contribution is -2.42. The number of carboxylic acid groups (broad SMARTS) is 1. The molecule has 1 atom stereocenters. The molecule has 27 heavy (non-hydrogen) atoms. The zero-order chi connectivity index (χ0) is 20.1. The van der Waals surface area contributed by atoms with Crippen LogP contribution in [-0.4, -0.2) is 40.6 Å². The van der Waals surface area contributed by atoms with Gasteiger partial charge in [0, 0.05) is 26.8 Å². The second-order valence-corrected chi connectivity index (χ2v) is 8.41. The lowest BCUT2D eigenvalue weighted by atomic mass is 9.89. The van der Waals surface area contributed by atoms with E-state index < -0.39 is 33.0 Å². The van der Waals surface area contributed by atoms with Gasteiger partial charge in [0.15, 0.2) is 9.84 Å².